The van der Waals surface area contributed by atoms with Crippen molar-refractivity contribution in [2.24, 2.45) is 5.92 Å². The van der Waals surface area contributed by atoms with Crippen LogP contribution >= 0.6 is 11.3 Å². The molecule has 35 heavy (non-hydrogen) atoms. The number of benzene rings is 2. The highest BCUT2D eigenvalue weighted by atomic mass is 32.1. The molecule has 0 spiro atoms. The first-order valence-corrected chi connectivity index (χ1v) is 12.7. The molecule has 1 N–H and O–H groups in total. The third-order valence-electron chi connectivity index (χ3n) is 6.60. The lowest BCUT2D eigenvalue weighted by atomic mass is 9.84. The van der Waals surface area contributed by atoms with E-state index < -0.39 is 11.9 Å². The number of fused-ring (bicyclic) bond motifs is 2. The van der Waals surface area contributed by atoms with E-state index in [4.69, 9.17) is 9.72 Å². The molecule has 1 aliphatic rings. The molecule has 2 aromatic heterocycles. The highest BCUT2D eigenvalue weighted by Crippen LogP contribution is 2.32. The first-order valence-electron chi connectivity index (χ1n) is 11.8. The van der Waals surface area contributed by atoms with Crippen LogP contribution in [-0.4, -0.2) is 28.5 Å². The summed E-state index contributed by atoms with van der Waals surface area (Å²) in [6.45, 7) is 5.93. The normalized spacial score (nSPS) is 15.0. The molecule has 1 aliphatic carbocycles. The highest BCUT2D eigenvalue weighted by molar-refractivity contribution is 7.14. The molecule has 2 heterocycles. The molecule has 0 bridgehead atoms. The number of rotatable bonds is 5. The van der Waals surface area contributed by atoms with Crippen LogP contribution in [0.4, 0.5) is 5.13 Å². The van der Waals surface area contributed by atoms with Crippen LogP contribution < -0.4 is 5.32 Å². The molecule has 4 aromatic rings. The van der Waals surface area contributed by atoms with Crippen LogP contribution in [0.3, 0.4) is 0 Å². The van der Waals surface area contributed by atoms with Gasteiger partial charge in [0.1, 0.15) is 0 Å². The summed E-state index contributed by atoms with van der Waals surface area (Å²) in [5.74, 6) is -0.435. The minimum Gasteiger partial charge on any atom is -0.452 e. The summed E-state index contributed by atoms with van der Waals surface area (Å²) in [7, 11) is 0. The summed E-state index contributed by atoms with van der Waals surface area (Å²) in [5.41, 5.74) is 7.43. The maximum absolute atomic E-state index is 13.2. The number of para-hydroxylation sites is 1. The van der Waals surface area contributed by atoms with Crippen LogP contribution in [0.2, 0.25) is 0 Å². The van der Waals surface area contributed by atoms with E-state index in [0.29, 0.717) is 16.6 Å². The van der Waals surface area contributed by atoms with Gasteiger partial charge < -0.3 is 4.74 Å². The van der Waals surface area contributed by atoms with E-state index in [1.807, 2.05) is 35.7 Å². The van der Waals surface area contributed by atoms with Gasteiger partial charge in [-0.25, -0.2) is 9.78 Å². The van der Waals surface area contributed by atoms with Crippen molar-refractivity contribution in [1.82, 2.24) is 9.97 Å². The molecule has 0 fully saturated rings. The van der Waals surface area contributed by atoms with Gasteiger partial charge in [-0.2, -0.15) is 0 Å². The summed E-state index contributed by atoms with van der Waals surface area (Å²) in [5, 5.41) is 5.89. The maximum Gasteiger partial charge on any atom is 0.339 e. The number of nitrogens with one attached hydrogen (secondary N) is 1. The van der Waals surface area contributed by atoms with Crippen molar-refractivity contribution in [3.8, 4) is 11.3 Å². The molecule has 7 heteroatoms. The van der Waals surface area contributed by atoms with Gasteiger partial charge in [0.15, 0.2) is 11.7 Å². The quantitative estimate of drug-likeness (QED) is 0.356. The number of carbonyl (C=O) groups excluding carboxylic acids is 2. The molecular formula is C28H27N3O3S. The van der Waals surface area contributed by atoms with Gasteiger partial charge in [-0.15, -0.1) is 11.3 Å². The van der Waals surface area contributed by atoms with E-state index in [-0.39, 0.29) is 6.61 Å². The smallest absolute Gasteiger partial charge is 0.339 e. The second-order valence-electron chi connectivity index (χ2n) is 9.24. The van der Waals surface area contributed by atoms with E-state index in [9.17, 15) is 9.59 Å². The average Bonchev–Trinajstić information content (AvgIpc) is 3.31. The number of esters is 1. The van der Waals surface area contributed by atoms with Gasteiger partial charge in [0, 0.05) is 22.0 Å². The average molecular weight is 486 g/mol. The fourth-order valence-corrected chi connectivity index (χ4v) is 5.25. The molecular weight excluding hydrogens is 458 g/mol. The number of nitrogens with zero attached hydrogens (tertiary/aromatic N) is 2. The van der Waals surface area contributed by atoms with Crippen LogP contribution in [0.25, 0.3) is 22.2 Å². The second-order valence-corrected chi connectivity index (χ2v) is 10.1. The molecule has 6 nitrogen and oxygen atoms in total. The molecule has 1 atom stereocenters. The van der Waals surface area contributed by atoms with Gasteiger partial charge in [-0.1, -0.05) is 37.3 Å². The number of anilines is 1. The van der Waals surface area contributed by atoms with Crippen LogP contribution in [0.1, 0.15) is 46.1 Å². The molecule has 2 aromatic carbocycles. The number of thiazole rings is 1. The monoisotopic (exact) mass is 485 g/mol. The van der Waals surface area contributed by atoms with Crippen molar-refractivity contribution < 1.29 is 14.3 Å². The Balaban J connectivity index is 1.30. The number of hydrogen-bond acceptors (Lipinski definition) is 6. The molecule has 0 saturated carbocycles. The van der Waals surface area contributed by atoms with Crippen molar-refractivity contribution in [2.75, 3.05) is 11.9 Å². The number of hydrogen-bond donors (Lipinski definition) is 1. The minimum absolute atomic E-state index is 0.377. The second kappa shape index (κ2) is 9.58. The van der Waals surface area contributed by atoms with Crippen molar-refractivity contribution in [3.05, 3.63) is 75.8 Å². The van der Waals surface area contributed by atoms with Gasteiger partial charge in [0.25, 0.3) is 5.91 Å². The number of pyridine rings is 1. The lowest BCUT2D eigenvalue weighted by Gasteiger charge is -2.24. The topological polar surface area (TPSA) is 81.2 Å². The predicted octanol–water partition coefficient (Wildman–Crippen LogP) is 5.90. The molecule has 0 aliphatic heterocycles. The van der Waals surface area contributed by atoms with E-state index in [2.05, 4.69) is 43.2 Å². The number of aryl methyl sites for hydroxylation is 3. The first kappa shape index (κ1) is 23.2. The lowest BCUT2D eigenvalue weighted by Crippen LogP contribution is -2.23. The van der Waals surface area contributed by atoms with E-state index in [1.54, 1.807) is 0 Å². The van der Waals surface area contributed by atoms with Crippen LogP contribution in [0.15, 0.2) is 47.8 Å². The molecule has 1 amide bonds. The summed E-state index contributed by atoms with van der Waals surface area (Å²) in [6.07, 6.45) is 2.67. The Kier molecular flexibility index (Phi) is 6.34. The van der Waals surface area contributed by atoms with E-state index in [0.717, 1.165) is 52.7 Å². The zero-order valence-corrected chi connectivity index (χ0v) is 20.9. The fraction of sp³-hybridized carbons (Fsp3) is 0.286. The van der Waals surface area contributed by atoms with Gasteiger partial charge in [0.05, 0.1) is 16.8 Å². The maximum atomic E-state index is 13.2. The Bertz CT molecular complexity index is 1440. The van der Waals surface area contributed by atoms with Gasteiger partial charge in [-0.3, -0.25) is 15.1 Å². The third kappa shape index (κ3) is 4.82. The van der Waals surface area contributed by atoms with Crippen LogP contribution in [0, 0.1) is 19.8 Å². The summed E-state index contributed by atoms with van der Waals surface area (Å²) < 4.78 is 5.49. The zero-order valence-electron chi connectivity index (χ0n) is 20.1. The highest BCUT2D eigenvalue weighted by Gasteiger charge is 2.26. The van der Waals surface area contributed by atoms with Crippen molar-refractivity contribution in [1.29, 1.82) is 0 Å². The minimum atomic E-state index is -0.487. The van der Waals surface area contributed by atoms with Crippen LogP contribution in [-0.2, 0) is 22.4 Å². The molecule has 0 radical (unpaired) electrons. The Labute approximate surface area is 208 Å². The number of amides is 1. The molecule has 0 saturated heterocycles. The van der Waals surface area contributed by atoms with Crippen LogP contribution in [0.5, 0.6) is 0 Å². The predicted molar refractivity (Wildman–Crippen MR) is 139 cm³/mol. The van der Waals surface area contributed by atoms with Crippen molar-refractivity contribution >= 4 is 39.2 Å². The van der Waals surface area contributed by atoms with E-state index >= 15 is 0 Å². The summed E-state index contributed by atoms with van der Waals surface area (Å²) in [6, 6.07) is 13.8. The summed E-state index contributed by atoms with van der Waals surface area (Å²) in [4.78, 5) is 35.1. The fourth-order valence-electron chi connectivity index (χ4n) is 4.52. The first-order chi connectivity index (χ1) is 16.9. The van der Waals surface area contributed by atoms with Crippen molar-refractivity contribution in [3.63, 3.8) is 0 Å². The zero-order chi connectivity index (χ0) is 24.5. The Morgan fingerprint density at radius 3 is 2.77 bits per heavy atom. The standard InChI is InChI=1S/C28H27N3O3S/c1-16-8-11-23-21(12-16)26(20-6-4-5-7-22(20)29-23)27(33)34-14-25(32)31-28-30-24(15-35-28)19-10-9-17(2)18(3)13-19/h4-7,9-10,13,15-16H,8,11-12,14H2,1-3H3,(H,30,31,32)/t16-/m1/s1. The molecule has 178 valence electrons. The molecule has 0 unspecified atom stereocenters. The van der Waals surface area contributed by atoms with Gasteiger partial charge in [0.2, 0.25) is 0 Å². The third-order valence-corrected chi connectivity index (χ3v) is 7.35. The largest absolute Gasteiger partial charge is 0.452 e. The SMILES string of the molecule is Cc1ccc(-c2csc(NC(=O)COC(=O)c3c4c(nc5ccccc35)CC[C@@H](C)C4)n2)cc1C. The Morgan fingerprint density at radius 2 is 1.94 bits per heavy atom. The van der Waals surface area contributed by atoms with Crippen molar-refractivity contribution in [2.45, 2.75) is 40.0 Å². The summed E-state index contributed by atoms with van der Waals surface area (Å²) >= 11 is 1.34. The lowest BCUT2D eigenvalue weighted by molar-refractivity contribution is -0.119. The van der Waals surface area contributed by atoms with Gasteiger partial charge >= 0.3 is 5.97 Å². The number of ether oxygens (including phenoxy) is 1. The number of carbonyl (C=O) groups is 2. The Morgan fingerprint density at radius 1 is 1.11 bits per heavy atom. The molecule has 5 rings (SSSR count). The Hall–Kier alpha value is -3.58. The van der Waals surface area contributed by atoms with Gasteiger partial charge in [-0.05, 0) is 67.9 Å². The number of aromatic nitrogens is 2. The van der Waals surface area contributed by atoms with E-state index in [1.165, 1.54) is 22.5 Å².